The van der Waals surface area contributed by atoms with Gasteiger partial charge in [0.2, 0.25) is 6.10 Å². The van der Waals surface area contributed by atoms with Gasteiger partial charge in [-0.05, 0) is 59.6 Å². The summed E-state index contributed by atoms with van der Waals surface area (Å²) in [6.45, 7) is 5.43. The molecule has 5 rings (SSSR count). The second-order valence-corrected chi connectivity index (χ2v) is 8.46. The highest BCUT2D eigenvalue weighted by Crippen LogP contribution is 2.49. The zero-order valence-electron chi connectivity index (χ0n) is 16.2. The van der Waals surface area contributed by atoms with Crippen molar-refractivity contribution in [3.8, 4) is 17.2 Å². The third-order valence-electron chi connectivity index (χ3n) is 7.06. The van der Waals surface area contributed by atoms with E-state index >= 15 is 0 Å². The van der Waals surface area contributed by atoms with E-state index in [1.165, 1.54) is 11.1 Å². The highest BCUT2D eigenvalue weighted by Gasteiger charge is 2.50. The second kappa shape index (κ2) is 6.16. The van der Waals surface area contributed by atoms with Gasteiger partial charge in [-0.15, -0.1) is 0 Å². The number of amides is 1. The molecule has 2 heterocycles. The number of likely N-dealkylation sites (tertiary alicyclic amines) is 1. The lowest BCUT2D eigenvalue weighted by Crippen LogP contribution is -2.62. The lowest BCUT2D eigenvalue weighted by Gasteiger charge is -2.55. The normalized spacial score (nSPS) is 30.5. The van der Waals surface area contributed by atoms with E-state index in [0.29, 0.717) is 29.7 Å². The number of rotatable bonds is 1. The average molecular weight is 379 g/mol. The molecule has 5 nitrogen and oxygen atoms in total. The van der Waals surface area contributed by atoms with E-state index in [9.17, 15) is 9.90 Å². The highest BCUT2D eigenvalue weighted by atomic mass is 16.6. The Balaban J connectivity index is 1.43. The van der Waals surface area contributed by atoms with E-state index < -0.39 is 6.10 Å². The SMILES string of the molecule is C[C@H]1[C@H]2Cc3ccc(O)cc3[C@]1(C)CCN2C(=O)[C@@H]1COc2ccccc2O1. The van der Waals surface area contributed by atoms with Crippen LogP contribution in [0.2, 0.25) is 0 Å². The van der Waals surface area contributed by atoms with Gasteiger partial charge in [0, 0.05) is 12.6 Å². The maximum absolute atomic E-state index is 13.4. The van der Waals surface area contributed by atoms with E-state index in [1.807, 2.05) is 41.3 Å². The number of hydrogen-bond donors (Lipinski definition) is 1. The van der Waals surface area contributed by atoms with Gasteiger partial charge in [-0.25, -0.2) is 0 Å². The fraction of sp³-hybridized carbons (Fsp3) is 0.435. The minimum Gasteiger partial charge on any atom is -0.508 e. The third kappa shape index (κ3) is 2.49. The summed E-state index contributed by atoms with van der Waals surface area (Å²) in [5.41, 5.74) is 2.42. The Bertz CT molecular complexity index is 942. The van der Waals surface area contributed by atoms with Gasteiger partial charge in [-0.3, -0.25) is 4.79 Å². The van der Waals surface area contributed by atoms with Gasteiger partial charge in [0.1, 0.15) is 12.4 Å². The molecule has 0 unspecified atom stereocenters. The lowest BCUT2D eigenvalue weighted by atomic mass is 9.59. The molecule has 4 atom stereocenters. The number of carbonyl (C=O) groups is 1. The maximum Gasteiger partial charge on any atom is 0.267 e. The van der Waals surface area contributed by atoms with E-state index in [2.05, 4.69) is 13.8 Å². The van der Waals surface area contributed by atoms with E-state index in [-0.39, 0.29) is 24.0 Å². The predicted molar refractivity (Wildman–Crippen MR) is 105 cm³/mol. The molecule has 2 aromatic carbocycles. The van der Waals surface area contributed by atoms with Crippen molar-refractivity contribution in [2.45, 2.75) is 44.2 Å². The summed E-state index contributed by atoms with van der Waals surface area (Å²) in [7, 11) is 0. The molecule has 2 bridgehead atoms. The standard InChI is InChI=1S/C23H25NO4/c1-14-18-11-15-7-8-16(25)12-17(15)23(14,2)9-10-24(18)22(26)21-13-27-19-5-3-4-6-20(19)28-21/h3-8,12,14,18,21,25H,9-11,13H2,1-2H3/t14-,18+,21-,23+/m0/s1. The number of phenols is 1. The summed E-state index contributed by atoms with van der Waals surface area (Å²) in [6.07, 6.45) is 1.08. The minimum atomic E-state index is -0.604. The van der Waals surface area contributed by atoms with Crippen LogP contribution in [0.3, 0.4) is 0 Å². The number of carbonyl (C=O) groups excluding carboxylic acids is 1. The summed E-state index contributed by atoms with van der Waals surface area (Å²) in [4.78, 5) is 15.4. The lowest BCUT2D eigenvalue weighted by molar-refractivity contribution is -0.148. The quantitative estimate of drug-likeness (QED) is 0.826. The van der Waals surface area contributed by atoms with Crippen LogP contribution in [0.1, 0.15) is 31.4 Å². The summed E-state index contributed by atoms with van der Waals surface area (Å²) in [6, 6.07) is 13.3. The van der Waals surface area contributed by atoms with Crippen LogP contribution in [0.4, 0.5) is 0 Å². The summed E-state index contributed by atoms with van der Waals surface area (Å²) < 4.78 is 11.7. The van der Waals surface area contributed by atoms with E-state index in [0.717, 1.165) is 12.8 Å². The van der Waals surface area contributed by atoms with Gasteiger partial charge in [0.15, 0.2) is 11.5 Å². The molecule has 1 aliphatic carbocycles. The Labute approximate surface area is 164 Å². The summed E-state index contributed by atoms with van der Waals surface area (Å²) in [5.74, 6) is 1.95. The molecular weight excluding hydrogens is 354 g/mol. The van der Waals surface area contributed by atoms with Gasteiger partial charge >= 0.3 is 0 Å². The van der Waals surface area contributed by atoms with Crippen molar-refractivity contribution in [2.75, 3.05) is 13.2 Å². The van der Waals surface area contributed by atoms with Gasteiger partial charge in [0.05, 0.1) is 0 Å². The van der Waals surface area contributed by atoms with Crippen molar-refractivity contribution >= 4 is 5.91 Å². The topological polar surface area (TPSA) is 59.0 Å². The number of aromatic hydroxyl groups is 1. The van der Waals surface area contributed by atoms with Gasteiger partial charge in [-0.2, -0.15) is 0 Å². The highest BCUT2D eigenvalue weighted by molar-refractivity contribution is 5.82. The monoisotopic (exact) mass is 379 g/mol. The molecule has 1 saturated heterocycles. The number of piperidine rings is 1. The molecule has 5 heteroatoms. The molecule has 1 fully saturated rings. The van der Waals surface area contributed by atoms with E-state index in [1.54, 1.807) is 6.07 Å². The van der Waals surface area contributed by atoms with Crippen LogP contribution in [0.25, 0.3) is 0 Å². The first-order valence-electron chi connectivity index (χ1n) is 9.99. The molecular formula is C23H25NO4. The largest absolute Gasteiger partial charge is 0.508 e. The minimum absolute atomic E-state index is 0.00984. The molecule has 0 saturated carbocycles. The second-order valence-electron chi connectivity index (χ2n) is 8.46. The number of hydrogen-bond acceptors (Lipinski definition) is 4. The van der Waals surface area contributed by atoms with Gasteiger partial charge in [0.25, 0.3) is 5.91 Å². The summed E-state index contributed by atoms with van der Waals surface area (Å²) >= 11 is 0. The molecule has 3 aliphatic rings. The van der Waals surface area contributed by atoms with Crippen LogP contribution in [-0.4, -0.2) is 41.2 Å². The molecule has 146 valence electrons. The molecule has 2 aromatic rings. The van der Waals surface area contributed by atoms with Crippen molar-refractivity contribution in [1.82, 2.24) is 4.90 Å². The van der Waals surface area contributed by atoms with Crippen molar-refractivity contribution in [3.05, 3.63) is 53.6 Å². The van der Waals surface area contributed by atoms with Crippen LogP contribution in [0.15, 0.2) is 42.5 Å². The van der Waals surface area contributed by atoms with E-state index in [4.69, 9.17) is 9.47 Å². The van der Waals surface area contributed by atoms with Crippen molar-refractivity contribution in [2.24, 2.45) is 5.92 Å². The molecule has 0 aromatic heterocycles. The Morgan fingerprint density at radius 1 is 1.21 bits per heavy atom. The van der Waals surface area contributed by atoms with Crippen LogP contribution in [0, 0.1) is 5.92 Å². The zero-order chi connectivity index (χ0) is 19.5. The first kappa shape index (κ1) is 17.4. The Morgan fingerprint density at radius 2 is 2.00 bits per heavy atom. The fourth-order valence-electron chi connectivity index (χ4n) is 5.21. The first-order chi connectivity index (χ1) is 13.5. The third-order valence-corrected chi connectivity index (χ3v) is 7.06. The number of ether oxygens (including phenoxy) is 2. The molecule has 28 heavy (non-hydrogen) atoms. The van der Waals surface area contributed by atoms with Gasteiger partial charge in [-0.1, -0.05) is 32.0 Å². The first-order valence-corrected chi connectivity index (χ1v) is 9.99. The zero-order valence-corrected chi connectivity index (χ0v) is 16.2. The molecule has 1 amide bonds. The van der Waals surface area contributed by atoms with Crippen molar-refractivity contribution < 1.29 is 19.4 Å². The molecule has 0 radical (unpaired) electrons. The fourth-order valence-corrected chi connectivity index (χ4v) is 5.21. The van der Waals surface area contributed by atoms with Crippen LogP contribution in [-0.2, 0) is 16.6 Å². The predicted octanol–water partition coefficient (Wildman–Crippen LogP) is 3.28. The average Bonchev–Trinajstić information content (AvgIpc) is 2.70. The van der Waals surface area contributed by atoms with Crippen molar-refractivity contribution in [1.29, 1.82) is 0 Å². The van der Waals surface area contributed by atoms with Crippen LogP contribution >= 0.6 is 0 Å². The Hall–Kier alpha value is -2.69. The summed E-state index contributed by atoms with van der Waals surface area (Å²) in [5, 5.41) is 9.98. The van der Waals surface area contributed by atoms with Gasteiger partial charge < -0.3 is 19.5 Å². The van der Waals surface area contributed by atoms with Crippen LogP contribution in [0.5, 0.6) is 17.2 Å². The number of para-hydroxylation sites is 2. The van der Waals surface area contributed by atoms with Crippen LogP contribution < -0.4 is 9.47 Å². The smallest absolute Gasteiger partial charge is 0.267 e. The number of phenolic OH excluding ortho intramolecular Hbond substituents is 1. The molecule has 2 aliphatic heterocycles. The number of fused-ring (bicyclic) bond motifs is 5. The maximum atomic E-state index is 13.4. The number of benzene rings is 2. The number of nitrogens with zero attached hydrogens (tertiary/aromatic N) is 1. The molecule has 0 spiro atoms. The Kier molecular flexibility index (Phi) is 3.83. The molecule has 1 N–H and O–H groups in total. The Morgan fingerprint density at radius 3 is 2.82 bits per heavy atom. The van der Waals surface area contributed by atoms with Crippen molar-refractivity contribution in [3.63, 3.8) is 0 Å².